The molecule has 1 saturated heterocycles. The molecular weight excluding hydrogens is 353 g/mol. The summed E-state index contributed by atoms with van der Waals surface area (Å²) in [7, 11) is 0. The van der Waals surface area contributed by atoms with Crippen LogP contribution in [0.1, 0.15) is 36.5 Å². The Morgan fingerprint density at radius 1 is 1.28 bits per heavy atom. The molecule has 0 radical (unpaired) electrons. The van der Waals surface area contributed by atoms with Gasteiger partial charge in [0.15, 0.2) is 6.61 Å². The van der Waals surface area contributed by atoms with E-state index in [0.717, 1.165) is 25.0 Å². The van der Waals surface area contributed by atoms with Crippen LogP contribution in [0.15, 0.2) is 18.2 Å². The lowest BCUT2D eigenvalue weighted by Gasteiger charge is -2.33. The van der Waals surface area contributed by atoms with Crippen molar-refractivity contribution in [2.75, 3.05) is 19.8 Å². The molecule has 8 heteroatoms. The predicted octanol–water partition coefficient (Wildman–Crippen LogP) is 2.58. The number of hydrogen-bond acceptors (Lipinski definition) is 5. The number of likely N-dealkylation sites (tertiary alicyclic amines) is 1. The normalized spacial score (nSPS) is 17.1. The van der Waals surface area contributed by atoms with Crippen LogP contribution in [-0.4, -0.2) is 48.5 Å². The van der Waals surface area contributed by atoms with Crippen LogP contribution in [0.3, 0.4) is 0 Å². The molecule has 0 N–H and O–H groups in total. The van der Waals surface area contributed by atoms with Gasteiger partial charge < -0.3 is 14.4 Å². The van der Waals surface area contributed by atoms with Gasteiger partial charge in [-0.3, -0.25) is 4.79 Å². The Balaban J connectivity index is 1.99. The van der Waals surface area contributed by atoms with E-state index < -0.39 is 36.3 Å². The van der Waals surface area contributed by atoms with Gasteiger partial charge in [-0.05, 0) is 44.4 Å². The van der Waals surface area contributed by atoms with E-state index in [9.17, 15) is 18.8 Å². The number of ether oxygens (including phenoxy) is 2. The molecule has 136 valence electrons. The maximum Gasteiger partial charge on any atom is 0.341 e. The van der Waals surface area contributed by atoms with Crippen molar-refractivity contribution in [3.8, 4) is 0 Å². The van der Waals surface area contributed by atoms with Crippen molar-refractivity contribution in [3.05, 3.63) is 34.6 Å². The highest BCUT2D eigenvalue weighted by molar-refractivity contribution is 6.30. The fourth-order valence-electron chi connectivity index (χ4n) is 2.66. The number of carbonyl (C=O) groups is 3. The minimum Gasteiger partial charge on any atom is -0.464 e. The van der Waals surface area contributed by atoms with E-state index in [4.69, 9.17) is 21.1 Å². The molecule has 1 amide bonds. The third kappa shape index (κ3) is 4.92. The fourth-order valence-corrected chi connectivity index (χ4v) is 2.83. The summed E-state index contributed by atoms with van der Waals surface area (Å²) in [5.41, 5.74) is -0.346. The molecule has 1 aromatic rings. The van der Waals surface area contributed by atoms with Gasteiger partial charge in [-0.25, -0.2) is 14.0 Å². The molecule has 1 aliphatic rings. The summed E-state index contributed by atoms with van der Waals surface area (Å²) >= 11 is 5.73. The second-order valence-electron chi connectivity index (χ2n) is 5.55. The van der Waals surface area contributed by atoms with Crippen molar-refractivity contribution in [3.63, 3.8) is 0 Å². The first-order valence-corrected chi connectivity index (χ1v) is 8.40. The summed E-state index contributed by atoms with van der Waals surface area (Å²) in [6.45, 7) is 1.71. The third-order valence-corrected chi connectivity index (χ3v) is 4.09. The second kappa shape index (κ2) is 8.80. The van der Waals surface area contributed by atoms with Gasteiger partial charge in [-0.1, -0.05) is 11.6 Å². The lowest BCUT2D eigenvalue weighted by Crippen LogP contribution is -2.50. The quantitative estimate of drug-likeness (QED) is 0.744. The number of nitrogens with zero attached hydrogens (tertiary/aromatic N) is 1. The molecule has 1 aromatic carbocycles. The lowest BCUT2D eigenvalue weighted by atomic mass is 10.0. The van der Waals surface area contributed by atoms with Gasteiger partial charge in [0.25, 0.3) is 5.91 Å². The average molecular weight is 372 g/mol. The second-order valence-corrected chi connectivity index (χ2v) is 5.99. The van der Waals surface area contributed by atoms with Crippen LogP contribution in [0, 0.1) is 5.82 Å². The number of carbonyl (C=O) groups excluding carboxylic acids is 3. The summed E-state index contributed by atoms with van der Waals surface area (Å²) in [5.74, 6) is -2.77. The highest BCUT2D eigenvalue weighted by Crippen LogP contribution is 2.19. The molecule has 1 fully saturated rings. The smallest absolute Gasteiger partial charge is 0.341 e. The first kappa shape index (κ1) is 19.2. The number of esters is 2. The van der Waals surface area contributed by atoms with E-state index in [1.165, 1.54) is 11.0 Å². The predicted molar refractivity (Wildman–Crippen MR) is 87.7 cm³/mol. The van der Waals surface area contributed by atoms with Gasteiger partial charge in [0.2, 0.25) is 0 Å². The Hall–Kier alpha value is -2.15. The maximum atomic E-state index is 13.6. The van der Waals surface area contributed by atoms with Gasteiger partial charge >= 0.3 is 11.9 Å². The molecule has 2 rings (SSSR count). The minimum absolute atomic E-state index is 0.179. The van der Waals surface area contributed by atoms with Crippen molar-refractivity contribution in [2.24, 2.45) is 0 Å². The molecule has 6 nitrogen and oxygen atoms in total. The summed E-state index contributed by atoms with van der Waals surface area (Å²) in [5, 5.41) is 0.179. The first-order chi connectivity index (χ1) is 11.9. The molecule has 1 unspecified atom stereocenters. The Morgan fingerprint density at radius 2 is 2.04 bits per heavy atom. The molecule has 0 aromatic heterocycles. The molecule has 0 spiro atoms. The summed E-state index contributed by atoms with van der Waals surface area (Å²) < 4.78 is 23.5. The highest BCUT2D eigenvalue weighted by atomic mass is 35.5. The standard InChI is InChI=1S/C17H19ClFNO5/c1-2-24-17(23)14-5-3-4-8-20(14)15(21)10-25-16(22)12-9-11(18)6-7-13(12)19/h6-7,9,14H,2-5,8,10H2,1H3. The molecule has 25 heavy (non-hydrogen) atoms. The van der Waals surface area contributed by atoms with Crippen LogP contribution in [0.5, 0.6) is 0 Å². The molecule has 0 saturated carbocycles. The monoisotopic (exact) mass is 371 g/mol. The van der Waals surface area contributed by atoms with Crippen LogP contribution in [0.25, 0.3) is 0 Å². The zero-order chi connectivity index (χ0) is 18.4. The van der Waals surface area contributed by atoms with E-state index in [2.05, 4.69) is 0 Å². The number of piperidine rings is 1. The fraction of sp³-hybridized carbons (Fsp3) is 0.471. The van der Waals surface area contributed by atoms with Crippen molar-refractivity contribution in [2.45, 2.75) is 32.2 Å². The van der Waals surface area contributed by atoms with Gasteiger partial charge in [0.1, 0.15) is 11.9 Å². The van der Waals surface area contributed by atoms with E-state index in [-0.39, 0.29) is 17.2 Å². The Bertz CT molecular complexity index is 666. The third-order valence-electron chi connectivity index (χ3n) is 3.86. The van der Waals surface area contributed by atoms with E-state index in [1.54, 1.807) is 6.92 Å². The highest BCUT2D eigenvalue weighted by Gasteiger charge is 2.33. The topological polar surface area (TPSA) is 72.9 Å². The van der Waals surface area contributed by atoms with E-state index >= 15 is 0 Å². The van der Waals surface area contributed by atoms with Gasteiger partial charge in [0, 0.05) is 11.6 Å². The molecular formula is C17H19ClFNO5. The first-order valence-electron chi connectivity index (χ1n) is 8.02. The van der Waals surface area contributed by atoms with E-state index in [1.807, 2.05) is 0 Å². The molecule has 0 aliphatic carbocycles. The number of amides is 1. The van der Waals surface area contributed by atoms with Crippen molar-refractivity contribution in [1.82, 2.24) is 4.90 Å². The van der Waals surface area contributed by atoms with Gasteiger partial charge in [-0.2, -0.15) is 0 Å². The zero-order valence-electron chi connectivity index (χ0n) is 13.8. The van der Waals surface area contributed by atoms with Crippen LogP contribution in [0.2, 0.25) is 5.02 Å². The van der Waals surface area contributed by atoms with Crippen LogP contribution in [-0.2, 0) is 19.1 Å². The van der Waals surface area contributed by atoms with Crippen LogP contribution >= 0.6 is 11.6 Å². The molecule has 1 atom stereocenters. The lowest BCUT2D eigenvalue weighted by molar-refractivity contribution is -0.157. The SMILES string of the molecule is CCOC(=O)C1CCCCN1C(=O)COC(=O)c1cc(Cl)ccc1F. The van der Waals surface area contributed by atoms with Crippen molar-refractivity contribution < 1.29 is 28.2 Å². The van der Waals surface area contributed by atoms with Crippen LogP contribution < -0.4 is 0 Å². The van der Waals surface area contributed by atoms with Gasteiger partial charge in [-0.15, -0.1) is 0 Å². The van der Waals surface area contributed by atoms with E-state index in [0.29, 0.717) is 13.0 Å². The number of halogens is 2. The molecule has 0 bridgehead atoms. The molecule has 1 aliphatic heterocycles. The zero-order valence-corrected chi connectivity index (χ0v) is 14.6. The Labute approximate surface area is 149 Å². The largest absolute Gasteiger partial charge is 0.464 e. The van der Waals surface area contributed by atoms with Crippen LogP contribution in [0.4, 0.5) is 4.39 Å². The van der Waals surface area contributed by atoms with Gasteiger partial charge in [0.05, 0.1) is 12.2 Å². The van der Waals surface area contributed by atoms with Crippen molar-refractivity contribution in [1.29, 1.82) is 0 Å². The Kier molecular flexibility index (Phi) is 6.75. The van der Waals surface area contributed by atoms with Crippen molar-refractivity contribution >= 4 is 29.4 Å². The number of hydrogen-bond donors (Lipinski definition) is 0. The number of rotatable bonds is 5. The Morgan fingerprint density at radius 3 is 2.76 bits per heavy atom. The summed E-state index contributed by atoms with van der Waals surface area (Å²) in [6, 6.07) is 2.80. The minimum atomic E-state index is -0.988. The summed E-state index contributed by atoms with van der Waals surface area (Å²) in [6.07, 6.45) is 2.06. The summed E-state index contributed by atoms with van der Waals surface area (Å²) in [4.78, 5) is 37.6. The average Bonchev–Trinajstić information content (AvgIpc) is 2.61. The molecule has 1 heterocycles. The number of benzene rings is 1. The maximum absolute atomic E-state index is 13.6.